The highest BCUT2D eigenvalue weighted by Gasteiger charge is 2.38. The molecule has 2 aromatic rings. The van der Waals surface area contributed by atoms with Gasteiger partial charge in [0, 0.05) is 5.69 Å². The molecule has 0 aliphatic carbocycles. The molecule has 0 unspecified atom stereocenters. The third-order valence-electron chi connectivity index (χ3n) is 3.63. The number of aromatic nitrogens is 3. The molecular formula is C15H18F3N5OS. The Kier molecular flexibility index (Phi) is 5.93. The molecule has 0 saturated carbocycles. The van der Waals surface area contributed by atoms with Crippen LogP contribution in [0.25, 0.3) is 0 Å². The zero-order valence-corrected chi connectivity index (χ0v) is 14.5. The van der Waals surface area contributed by atoms with Crippen LogP contribution < -0.4 is 11.2 Å². The first kappa shape index (κ1) is 19.1. The van der Waals surface area contributed by atoms with Gasteiger partial charge in [0.15, 0.2) is 0 Å². The van der Waals surface area contributed by atoms with Gasteiger partial charge in [-0.3, -0.25) is 4.79 Å². The normalized spacial score (nSPS) is 12.8. The van der Waals surface area contributed by atoms with Gasteiger partial charge < -0.3 is 11.2 Å². The van der Waals surface area contributed by atoms with Crippen molar-refractivity contribution in [2.24, 2.45) is 0 Å². The van der Waals surface area contributed by atoms with E-state index in [1.54, 1.807) is 12.1 Å². The van der Waals surface area contributed by atoms with E-state index in [-0.39, 0.29) is 22.7 Å². The van der Waals surface area contributed by atoms with Gasteiger partial charge in [-0.05, 0) is 24.0 Å². The standard InChI is InChI=1S/C15H18F3N5OS/c1-3-9(2)10-6-4-5-7-11(10)20-12(24)8-25-14-22-21-13(23(14)19)15(16,17)18/h4-7,9H,3,8,19H2,1-2H3,(H,20,24)/t9-/m1/s1. The lowest BCUT2D eigenvalue weighted by molar-refractivity contribution is -0.146. The van der Waals surface area contributed by atoms with Crippen LogP contribution in [0.15, 0.2) is 29.4 Å². The molecule has 25 heavy (non-hydrogen) atoms. The van der Waals surface area contributed by atoms with Gasteiger partial charge >= 0.3 is 6.18 Å². The Hall–Kier alpha value is -2.23. The maximum atomic E-state index is 12.6. The van der Waals surface area contributed by atoms with Gasteiger partial charge in [0.05, 0.1) is 5.75 Å². The van der Waals surface area contributed by atoms with E-state index in [0.717, 1.165) is 23.7 Å². The third kappa shape index (κ3) is 4.65. The topological polar surface area (TPSA) is 85.8 Å². The highest BCUT2D eigenvalue weighted by atomic mass is 32.2. The largest absolute Gasteiger partial charge is 0.453 e. The van der Waals surface area contributed by atoms with E-state index >= 15 is 0 Å². The lowest BCUT2D eigenvalue weighted by atomic mass is 9.97. The van der Waals surface area contributed by atoms with Crippen molar-refractivity contribution in [3.63, 3.8) is 0 Å². The number of benzene rings is 1. The van der Waals surface area contributed by atoms with Crippen LogP contribution in [-0.4, -0.2) is 26.5 Å². The quantitative estimate of drug-likeness (QED) is 0.600. The molecule has 1 amide bonds. The fourth-order valence-corrected chi connectivity index (χ4v) is 2.80. The average molecular weight is 373 g/mol. The highest BCUT2D eigenvalue weighted by Crippen LogP contribution is 2.29. The van der Waals surface area contributed by atoms with Gasteiger partial charge in [-0.15, -0.1) is 10.2 Å². The van der Waals surface area contributed by atoms with Crippen LogP contribution in [0.3, 0.4) is 0 Å². The molecule has 0 saturated heterocycles. The number of nitrogen functional groups attached to an aromatic ring is 1. The van der Waals surface area contributed by atoms with E-state index in [1.807, 2.05) is 19.1 Å². The van der Waals surface area contributed by atoms with Gasteiger partial charge in [-0.2, -0.15) is 13.2 Å². The molecule has 3 N–H and O–H groups in total. The van der Waals surface area contributed by atoms with Crippen molar-refractivity contribution in [3.8, 4) is 0 Å². The number of anilines is 1. The van der Waals surface area contributed by atoms with Crippen molar-refractivity contribution < 1.29 is 18.0 Å². The maximum absolute atomic E-state index is 12.6. The Bertz CT molecular complexity index is 747. The Morgan fingerprint density at radius 2 is 2.04 bits per heavy atom. The van der Waals surface area contributed by atoms with E-state index < -0.39 is 12.0 Å². The first-order valence-corrected chi connectivity index (χ1v) is 8.51. The number of hydrogen-bond donors (Lipinski definition) is 2. The molecule has 6 nitrogen and oxygen atoms in total. The van der Waals surface area contributed by atoms with E-state index in [2.05, 4.69) is 22.4 Å². The molecular weight excluding hydrogens is 355 g/mol. The van der Waals surface area contributed by atoms with Gasteiger partial charge in [-0.25, -0.2) is 4.68 Å². The number of hydrogen-bond acceptors (Lipinski definition) is 5. The Labute approximate surface area is 147 Å². The second kappa shape index (κ2) is 7.77. The molecule has 0 fully saturated rings. The Morgan fingerprint density at radius 1 is 1.36 bits per heavy atom. The average Bonchev–Trinajstić information content (AvgIpc) is 2.93. The zero-order chi connectivity index (χ0) is 18.6. The molecule has 1 heterocycles. The molecule has 1 aromatic heterocycles. The fourth-order valence-electron chi connectivity index (χ4n) is 2.15. The van der Waals surface area contributed by atoms with Crippen molar-refractivity contribution in [2.75, 3.05) is 16.9 Å². The molecule has 10 heteroatoms. The van der Waals surface area contributed by atoms with Crippen molar-refractivity contribution in [3.05, 3.63) is 35.7 Å². The summed E-state index contributed by atoms with van der Waals surface area (Å²) >= 11 is 0.784. The summed E-state index contributed by atoms with van der Waals surface area (Å²) in [5, 5.41) is 8.97. The predicted octanol–water partition coefficient (Wildman–Crippen LogP) is 3.25. The summed E-state index contributed by atoms with van der Waals surface area (Å²) in [5.74, 6) is 3.79. The molecule has 0 aliphatic rings. The molecule has 0 radical (unpaired) electrons. The second-order valence-corrected chi connectivity index (χ2v) is 6.35. The number of nitrogens with one attached hydrogen (secondary N) is 1. The number of nitrogens with two attached hydrogens (primary N) is 1. The minimum Gasteiger partial charge on any atom is -0.335 e. The summed E-state index contributed by atoms with van der Waals surface area (Å²) in [6.45, 7) is 4.10. The summed E-state index contributed by atoms with van der Waals surface area (Å²) < 4.78 is 38.2. The lowest BCUT2D eigenvalue weighted by Gasteiger charge is -2.15. The molecule has 0 spiro atoms. The van der Waals surface area contributed by atoms with Gasteiger partial charge in [0.1, 0.15) is 0 Å². The molecule has 0 aliphatic heterocycles. The Morgan fingerprint density at radius 3 is 2.64 bits per heavy atom. The van der Waals surface area contributed by atoms with Crippen LogP contribution in [0, 0.1) is 0 Å². The van der Waals surface area contributed by atoms with E-state index in [4.69, 9.17) is 5.84 Å². The fraction of sp³-hybridized carbons (Fsp3) is 0.400. The number of nitrogens with zero attached hydrogens (tertiary/aromatic N) is 3. The minimum absolute atomic E-state index is 0.137. The minimum atomic E-state index is -4.70. The predicted molar refractivity (Wildman–Crippen MR) is 89.7 cm³/mol. The number of para-hydroxylation sites is 1. The van der Waals surface area contributed by atoms with Crippen LogP contribution in [0.1, 0.15) is 37.6 Å². The number of rotatable bonds is 6. The summed E-state index contributed by atoms with van der Waals surface area (Å²) in [6, 6.07) is 7.42. The maximum Gasteiger partial charge on any atom is 0.453 e. The molecule has 136 valence electrons. The molecule has 2 rings (SSSR count). The van der Waals surface area contributed by atoms with Crippen molar-refractivity contribution in [1.82, 2.24) is 14.9 Å². The zero-order valence-electron chi connectivity index (χ0n) is 13.7. The molecule has 1 aromatic carbocycles. The van der Waals surface area contributed by atoms with Crippen LogP contribution in [0.2, 0.25) is 0 Å². The third-order valence-corrected chi connectivity index (χ3v) is 4.57. The van der Waals surface area contributed by atoms with E-state index in [9.17, 15) is 18.0 Å². The summed E-state index contributed by atoms with van der Waals surface area (Å²) in [7, 11) is 0. The van der Waals surface area contributed by atoms with E-state index in [1.165, 1.54) is 0 Å². The van der Waals surface area contributed by atoms with Gasteiger partial charge in [0.2, 0.25) is 11.1 Å². The number of carbonyl (C=O) groups excluding carboxylic acids is 1. The second-order valence-electron chi connectivity index (χ2n) is 5.41. The number of amides is 1. The van der Waals surface area contributed by atoms with Gasteiger partial charge in [-0.1, -0.05) is 43.8 Å². The number of halogens is 3. The van der Waals surface area contributed by atoms with E-state index in [0.29, 0.717) is 10.4 Å². The lowest BCUT2D eigenvalue weighted by Crippen LogP contribution is -2.22. The first-order valence-electron chi connectivity index (χ1n) is 7.53. The highest BCUT2D eigenvalue weighted by molar-refractivity contribution is 7.99. The summed E-state index contributed by atoms with van der Waals surface area (Å²) in [6.07, 6.45) is -3.78. The number of thioether (sulfide) groups is 1. The Balaban J connectivity index is 2.02. The first-order chi connectivity index (χ1) is 11.7. The van der Waals surface area contributed by atoms with Crippen molar-refractivity contribution in [2.45, 2.75) is 37.5 Å². The van der Waals surface area contributed by atoms with Crippen LogP contribution in [-0.2, 0) is 11.0 Å². The van der Waals surface area contributed by atoms with Crippen LogP contribution in [0.5, 0.6) is 0 Å². The van der Waals surface area contributed by atoms with Crippen molar-refractivity contribution >= 4 is 23.4 Å². The summed E-state index contributed by atoms with van der Waals surface area (Å²) in [4.78, 5) is 12.1. The number of alkyl halides is 3. The molecule has 0 bridgehead atoms. The smallest absolute Gasteiger partial charge is 0.335 e. The SMILES string of the molecule is CC[C@@H](C)c1ccccc1NC(=O)CSc1nnc(C(F)(F)F)n1N. The number of carbonyl (C=O) groups is 1. The van der Waals surface area contributed by atoms with Gasteiger partial charge in [0.25, 0.3) is 5.82 Å². The molecule has 1 atom stereocenters. The summed E-state index contributed by atoms with van der Waals surface area (Å²) in [5.41, 5.74) is 1.69. The van der Waals surface area contributed by atoms with Crippen molar-refractivity contribution in [1.29, 1.82) is 0 Å². The van der Waals surface area contributed by atoms with Crippen LogP contribution in [0.4, 0.5) is 18.9 Å². The monoisotopic (exact) mass is 373 g/mol. The van der Waals surface area contributed by atoms with Crippen LogP contribution >= 0.6 is 11.8 Å².